The summed E-state index contributed by atoms with van der Waals surface area (Å²) in [5.41, 5.74) is 1.35. The highest BCUT2D eigenvalue weighted by Gasteiger charge is 2.08. The van der Waals surface area contributed by atoms with Crippen molar-refractivity contribution in [2.75, 3.05) is 6.61 Å². The van der Waals surface area contributed by atoms with Gasteiger partial charge in [-0.15, -0.1) is 0 Å². The average molecular weight is 250 g/mol. The lowest BCUT2D eigenvalue weighted by Gasteiger charge is -2.12. The van der Waals surface area contributed by atoms with Crippen molar-refractivity contribution in [2.45, 2.75) is 20.3 Å². The molecule has 0 unspecified atom stereocenters. The molecule has 0 atom stereocenters. The van der Waals surface area contributed by atoms with Crippen molar-refractivity contribution in [3.8, 4) is 5.75 Å². The second-order valence-electron chi connectivity index (χ2n) is 4.77. The summed E-state index contributed by atoms with van der Waals surface area (Å²) in [6, 6.07) is 17.3. The van der Waals surface area contributed by atoms with Gasteiger partial charge in [0.2, 0.25) is 0 Å². The Hall–Kier alpha value is -2.02. The quantitative estimate of drug-likeness (QED) is 0.597. The van der Waals surface area contributed by atoms with E-state index >= 15 is 0 Å². The van der Waals surface area contributed by atoms with Crippen molar-refractivity contribution in [3.63, 3.8) is 0 Å². The van der Waals surface area contributed by atoms with Gasteiger partial charge in [0.1, 0.15) is 5.75 Å². The first-order valence-corrected chi connectivity index (χ1v) is 6.90. The van der Waals surface area contributed by atoms with Crippen molar-refractivity contribution in [3.05, 3.63) is 54.1 Å². The molecule has 0 radical (unpaired) electrons. The smallest absolute Gasteiger partial charge is 0.134 e. The molecule has 3 rings (SSSR count). The van der Waals surface area contributed by atoms with E-state index in [0.717, 1.165) is 12.2 Å². The van der Waals surface area contributed by atoms with Crippen LogP contribution in [0.3, 0.4) is 0 Å². The van der Waals surface area contributed by atoms with Crippen LogP contribution < -0.4 is 4.74 Å². The fourth-order valence-electron chi connectivity index (χ4n) is 2.59. The van der Waals surface area contributed by atoms with Gasteiger partial charge in [0.15, 0.2) is 0 Å². The maximum Gasteiger partial charge on any atom is 0.134 e. The van der Waals surface area contributed by atoms with E-state index in [9.17, 15) is 0 Å². The van der Waals surface area contributed by atoms with Crippen LogP contribution in [0.4, 0.5) is 0 Å². The van der Waals surface area contributed by atoms with E-state index in [1.165, 1.54) is 27.1 Å². The topological polar surface area (TPSA) is 9.23 Å². The fraction of sp³-hybridized carbons (Fsp3) is 0.222. The summed E-state index contributed by atoms with van der Waals surface area (Å²) in [5, 5.41) is 4.91. The number of rotatable bonds is 3. The van der Waals surface area contributed by atoms with Crippen molar-refractivity contribution >= 4 is 21.5 Å². The first-order chi connectivity index (χ1) is 9.33. The molecule has 96 valence electrons. The molecule has 1 heteroatoms. The minimum Gasteiger partial charge on any atom is -0.493 e. The molecule has 0 aliphatic rings. The van der Waals surface area contributed by atoms with Gasteiger partial charge in [-0.25, -0.2) is 0 Å². The molecule has 0 aromatic heterocycles. The van der Waals surface area contributed by atoms with Gasteiger partial charge in [-0.1, -0.05) is 43.3 Å². The predicted octanol–water partition coefficient (Wildman–Crippen LogP) is 4.95. The van der Waals surface area contributed by atoms with Gasteiger partial charge in [0.25, 0.3) is 0 Å². The highest BCUT2D eigenvalue weighted by molar-refractivity contribution is 6.05. The molecule has 1 nitrogen and oxygen atoms in total. The second kappa shape index (κ2) is 4.93. The molecule has 0 fully saturated rings. The molecule has 0 saturated carbocycles. The van der Waals surface area contributed by atoms with Crippen LogP contribution >= 0.6 is 0 Å². The Bertz CT molecular complexity index is 728. The van der Waals surface area contributed by atoms with E-state index < -0.39 is 0 Å². The zero-order valence-corrected chi connectivity index (χ0v) is 11.4. The Kier molecular flexibility index (Phi) is 3.12. The molecule has 0 amide bonds. The Balaban J connectivity index is 2.41. The van der Waals surface area contributed by atoms with E-state index in [0.29, 0.717) is 6.61 Å². The SMILES string of the molecule is CCOc1c2ccccc2cc2ccc(CC)cc12. The molecular formula is C18H18O. The molecule has 0 saturated heterocycles. The van der Waals surface area contributed by atoms with Crippen molar-refractivity contribution < 1.29 is 4.74 Å². The largest absolute Gasteiger partial charge is 0.493 e. The minimum absolute atomic E-state index is 0.694. The molecule has 19 heavy (non-hydrogen) atoms. The van der Waals surface area contributed by atoms with E-state index in [1.54, 1.807) is 0 Å². The Morgan fingerprint density at radius 3 is 2.42 bits per heavy atom. The highest BCUT2D eigenvalue weighted by atomic mass is 16.5. The van der Waals surface area contributed by atoms with E-state index in [-0.39, 0.29) is 0 Å². The van der Waals surface area contributed by atoms with Gasteiger partial charge in [0.05, 0.1) is 6.61 Å². The lowest BCUT2D eigenvalue weighted by molar-refractivity contribution is 0.348. The van der Waals surface area contributed by atoms with Crippen LogP contribution in [-0.4, -0.2) is 6.61 Å². The standard InChI is InChI=1S/C18H18O/c1-3-13-9-10-15-12-14-7-5-6-8-16(14)18(19-4-2)17(15)11-13/h5-12H,3-4H2,1-2H3. The lowest BCUT2D eigenvalue weighted by Crippen LogP contribution is -1.94. The summed E-state index contributed by atoms with van der Waals surface area (Å²) >= 11 is 0. The maximum absolute atomic E-state index is 5.93. The summed E-state index contributed by atoms with van der Waals surface area (Å²) in [5.74, 6) is 1.02. The van der Waals surface area contributed by atoms with Gasteiger partial charge in [0, 0.05) is 10.8 Å². The predicted molar refractivity (Wildman–Crippen MR) is 82.0 cm³/mol. The zero-order valence-electron chi connectivity index (χ0n) is 11.4. The maximum atomic E-state index is 5.93. The van der Waals surface area contributed by atoms with Gasteiger partial charge in [-0.2, -0.15) is 0 Å². The van der Waals surface area contributed by atoms with Crippen LogP contribution in [0.2, 0.25) is 0 Å². The zero-order chi connectivity index (χ0) is 13.2. The highest BCUT2D eigenvalue weighted by Crippen LogP contribution is 2.35. The number of ether oxygens (including phenoxy) is 1. The molecule has 0 aliphatic heterocycles. The van der Waals surface area contributed by atoms with Crippen LogP contribution in [0.15, 0.2) is 48.5 Å². The fourth-order valence-corrected chi connectivity index (χ4v) is 2.59. The third kappa shape index (κ3) is 2.06. The van der Waals surface area contributed by atoms with Crippen molar-refractivity contribution in [1.82, 2.24) is 0 Å². The number of hydrogen-bond donors (Lipinski definition) is 0. The number of fused-ring (bicyclic) bond motifs is 2. The third-order valence-electron chi connectivity index (χ3n) is 3.58. The van der Waals surface area contributed by atoms with Crippen molar-refractivity contribution in [1.29, 1.82) is 0 Å². The van der Waals surface area contributed by atoms with Crippen LogP contribution in [-0.2, 0) is 6.42 Å². The van der Waals surface area contributed by atoms with Gasteiger partial charge >= 0.3 is 0 Å². The molecule has 0 heterocycles. The summed E-state index contributed by atoms with van der Waals surface area (Å²) in [4.78, 5) is 0. The molecular weight excluding hydrogens is 232 g/mol. The Morgan fingerprint density at radius 2 is 1.63 bits per heavy atom. The normalized spacial score (nSPS) is 11.1. The molecule has 0 aliphatic carbocycles. The average Bonchev–Trinajstić information content (AvgIpc) is 2.47. The summed E-state index contributed by atoms with van der Waals surface area (Å²) in [7, 11) is 0. The first kappa shape index (κ1) is 12.0. The number of benzene rings is 3. The summed E-state index contributed by atoms with van der Waals surface area (Å²) in [6.07, 6.45) is 1.05. The summed E-state index contributed by atoms with van der Waals surface area (Å²) in [6.45, 7) is 4.92. The van der Waals surface area contributed by atoms with Gasteiger partial charge in [-0.05, 0) is 41.8 Å². The molecule has 3 aromatic rings. The monoisotopic (exact) mass is 250 g/mol. The summed E-state index contributed by atoms with van der Waals surface area (Å²) < 4.78 is 5.93. The molecule has 0 N–H and O–H groups in total. The van der Waals surface area contributed by atoms with E-state index in [2.05, 4.69) is 55.5 Å². The van der Waals surface area contributed by atoms with E-state index in [4.69, 9.17) is 4.74 Å². The molecule has 0 bridgehead atoms. The minimum atomic E-state index is 0.694. The van der Waals surface area contributed by atoms with Gasteiger partial charge in [-0.3, -0.25) is 0 Å². The number of aryl methyl sites for hydroxylation is 1. The third-order valence-corrected chi connectivity index (χ3v) is 3.58. The Morgan fingerprint density at radius 1 is 0.842 bits per heavy atom. The van der Waals surface area contributed by atoms with Crippen LogP contribution in [0.5, 0.6) is 5.75 Å². The van der Waals surface area contributed by atoms with Crippen molar-refractivity contribution in [2.24, 2.45) is 0 Å². The first-order valence-electron chi connectivity index (χ1n) is 6.90. The van der Waals surface area contributed by atoms with Gasteiger partial charge < -0.3 is 4.74 Å². The molecule has 0 spiro atoms. The second-order valence-corrected chi connectivity index (χ2v) is 4.77. The lowest BCUT2D eigenvalue weighted by atomic mass is 9.99. The van der Waals surface area contributed by atoms with E-state index in [1.807, 2.05) is 6.92 Å². The number of hydrogen-bond acceptors (Lipinski definition) is 1. The van der Waals surface area contributed by atoms with Crippen LogP contribution in [0.25, 0.3) is 21.5 Å². The Labute approximate surface area is 113 Å². The molecule has 3 aromatic carbocycles. The van der Waals surface area contributed by atoms with Crippen LogP contribution in [0, 0.1) is 0 Å². The van der Waals surface area contributed by atoms with Crippen LogP contribution in [0.1, 0.15) is 19.4 Å².